The van der Waals surface area contributed by atoms with Crippen LogP contribution in [0.25, 0.3) is 0 Å². The first-order chi connectivity index (χ1) is 37.4. The van der Waals surface area contributed by atoms with Crippen LogP contribution in [0.3, 0.4) is 0 Å². The summed E-state index contributed by atoms with van der Waals surface area (Å²) in [4.78, 5) is 37.7. The number of esters is 1. The lowest BCUT2D eigenvalue weighted by molar-refractivity contribution is -0.870. The van der Waals surface area contributed by atoms with Crippen LogP contribution in [0.2, 0.25) is 0 Å². The first-order valence-electron chi connectivity index (χ1n) is 32.3. The van der Waals surface area contributed by atoms with Gasteiger partial charge >= 0.3 is 13.8 Å². The number of hydrogen-bond donors (Lipinski definition) is 2. The molecule has 77 heavy (non-hydrogen) atoms. The van der Waals surface area contributed by atoms with Gasteiger partial charge in [0.15, 0.2) is 0 Å². The van der Waals surface area contributed by atoms with Crippen LogP contribution in [-0.2, 0) is 27.9 Å². The summed E-state index contributed by atoms with van der Waals surface area (Å²) in [5, 5.41) is 3.05. The van der Waals surface area contributed by atoms with Crippen molar-refractivity contribution in [1.29, 1.82) is 0 Å². The van der Waals surface area contributed by atoms with Gasteiger partial charge in [0.1, 0.15) is 19.3 Å². The molecule has 9 nitrogen and oxygen atoms in total. The summed E-state index contributed by atoms with van der Waals surface area (Å²) in [7, 11) is 1.48. The Morgan fingerprint density at radius 3 is 1.22 bits per heavy atom. The lowest BCUT2D eigenvalue weighted by atomic mass is 10.1. The SMILES string of the molecule is CCCCC/C=C\C/C=C\C/C=C\C/C=C\CCCCCCCCCC(=O)OC(/C=C\CCCCCCCCCCC)C(COP(=O)(O)OCC[N+](C)(C)C)NC(=O)CCCCCCCCC/C=C/CCCCCCCC. The van der Waals surface area contributed by atoms with Gasteiger partial charge in [0.2, 0.25) is 5.91 Å². The number of ether oxygens (including phenoxy) is 1. The van der Waals surface area contributed by atoms with E-state index in [2.05, 4.69) is 86.8 Å². The largest absolute Gasteiger partial charge is 0.472 e. The lowest BCUT2D eigenvalue weighted by Crippen LogP contribution is -2.47. The van der Waals surface area contributed by atoms with Crippen molar-refractivity contribution in [3.05, 3.63) is 72.9 Å². The van der Waals surface area contributed by atoms with E-state index in [9.17, 15) is 19.0 Å². The fraction of sp³-hybridized carbons (Fsp3) is 0.791. The summed E-state index contributed by atoms with van der Waals surface area (Å²) in [5.41, 5.74) is 0. The highest BCUT2D eigenvalue weighted by molar-refractivity contribution is 7.47. The van der Waals surface area contributed by atoms with E-state index >= 15 is 0 Å². The van der Waals surface area contributed by atoms with Crippen molar-refractivity contribution < 1.29 is 37.3 Å². The van der Waals surface area contributed by atoms with Crippen LogP contribution in [0.15, 0.2) is 72.9 Å². The molecule has 0 spiro atoms. The number of phosphoric acid groups is 1. The van der Waals surface area contributed by atoms with E-state index in [1.165, 1.54) is 154 Å². The van der Waals surface area contributed by atoms with E-state index in [0.29, 0.717) is 17.4 Å². The van der Waals surface area contributed by atoms with Gasteiger partial charge in [-0.15, -0.1) is 0 Å². The molecule has 0 aromatic carbocycles. The van der Waals surface area contributed by atoms with Gasteiger partial charge in [-0.3, -0.25) is 18.6 Å². The number of nitrogens with one attached hydrogen (secondary N) is 1. The monoisotopic (exact) mass is 1100 g/mol. The van der Waals surface area contributed by atoms with Gasteiger partial charge in [0.25, 0.3) is 0 Å². The van der Waals surface area contributed by atoms with Crippen molar-refractivity contribution in [3.63, 3.8) is 0 Å². The molecule has 0 aromatic rings. The Balaban J connectivity index is 5.19. The number of rotatable bonds is 58. The molecule has 0 aromatic heterocycles. The van der Waals surface area contributed by atoms with Gasteiger partial charge in [0.05, 0.1) is 33.8 Å². The van der Waals surface area contributed by atoms with Crippen LogP contribution >= 0.6 is 7.82 Å². The van der Waals surface area contributed by atoms with E-state index in [-0.39, 0.29) is 31.5 Å². The Hall–Kier alpha value is -2.55. The van der Waals surface area contributed by atoms with Gasteiger partial charge in [-0.1, -0.05) is 248 Å². The molecule has 1 amide bonds. The van der Waals surface area contributed by atoms with Crippen LogP contribution in [0.5, 0.6) is 0 Å². The second-order valence-corrected chi connectivity index (χ2v) is 24.4. The van der Waals surface area contributed by atoms with Gasteiger partial charge in [-0.2, -0.15) is 0 Å². The zero-order chi connectivity index (χ0) is 56.4. The number of likely N-dealkylation sites (N-methyl/N-ethyl adjacent to an activating group) is 1. The maximum Gasteiger partial charge on any atom is 0.472 e. The molecule has 0 radical (unpaired) electrons. The Labute approximate surface area is 476 Å². The number of carbonyl (C=O) groups excluding carboxylic acids is 2. The van der Waals surface area contributed by atoms with Crippen molar-refractivity contribution in [3.8, 4) is 0 Å². The molecule has 2 N–H and O–H groups in total. The molecule has 0 saturated carbocycles. The average Bonchev–Trinajstić information content (AvgIpc) is 3.39. The zero-order valence-electron chi connectivity index (χ0n) is 51.2. The molecular weight excluding hydrogens is 976 g/mol. The normalized spacial score (nSPS) is 14.1. The summed E-state index contributed by atoms with van der Waals surface area (Å²) < 4.78 is 30.7. The second kappa shape index (κ2) is 56.7. The third kappa shape index (κ3) is 57.9. The molecule has 0 heterocycles. The van der Waals surface area contributed by atoms with Crippen LogP contribution in [0, 0.1) is 0 Å². The number of nitrogens with zero attached hydrogens (tertiary/aromatic N) is 1. The molecule has 3 unspecified atom stereocenters. The molecule has 10 heteroatoms. The Morgan fingerprint density at radius 1 is 0.455 bits per heavy atom. The van der Waals surface area contributed by atoms with Gasteiger partial charge in [-0.05, 0) is 102 Å². The van der Waals surface area contributed by atoms with E-state index in [4.69, 9.17) is 13.8 Å². The van der Waals surface area contributed by atoms with E-state index < -0.39 is 20.0 Å². The third-order valence-electron chi connectivity index (χ3n) is 14.1. The van der Waals surface area contributed by atoms with Gasteiger partial charge in [0, 0.05) is 12.8 Å². The van der Waals surface area contributed by atoms with Crippen molar-refractivity contribution in [2.24, 2.45) is 0 Å². The summed E-state index contributed by atoms with van der Waals surface area (Å²) in [5.74, 6) is -0.519. The number of phosphoric ester groups is 1. The molecular formula is C67H124N2O7P+. The molecule has 0 fully saturated rings. The summed E-state index contributed by atoms with van der Waals surface area (Å²) in [6.45, 7) is 6.98. The fourth-order valence-corrected chi connectivity index (χ4v) is 9.83. The Morgan fingerprint density at radius 2 is 0.792 bits per heavy atom. The van der Waals surface area contributed by atoms with Gasteiger partial charge in [-0.25, -0.2) is 4.57 Å². The Bertz CT molecular complexity index is 1550. The third-order valence-corrected chi connectivity index (χ3v) is 15.1. The Kier molecular flexibility index (Phi) is 54.8. The standard InChI is InChI=1S/C67H123N2O7P/c1-7-10-13-16-19-22-25-27-29-31-32-33-34-35-36-38-40-42-45-48-51-54-57-60-67(71)76-65(58-55-52-49-46-43-24-21-18-15-12-9-3)64(63-75-77(72,73)74-62-61-69(4,5)6)68-66(70)59-56-53-50-47-44-41-39-37-30-28-26-23-20-17-14-11-8-2/h19,22,27-30,32-33,35-36,55,58,64-65H,7-18,20-21,23-26,31,34,37-54,56-57,59-63H2,1-6H3,(H-,68,70,72,73)/p+1/b22-19-,29-27-,30-28+,33-32-,36-35-,58-55-. The smallest absolute Gasteiger partial charge is 0.456 e. The highest BCUT2D eigenvalue weighted by atomic mass is 31.2. The molecule has 0 saturated heterocycles. The lowest BCUT2D eigenvalue weighted by Gasteiger charge is -2.27. The van der Waals surface area contributed by atoms with Crippen molar-refractivity contribution in [2.75, 3.05) is 40.9 Å². The average molecular weight is 1100 g/mol. The predicted octanol–water partition coefficient (Wildman–Crippen LogP) is 20.0. The molecule has 0 aliphatic rings. The van der Waals surface area contributed by atoms with E-state index in [1.54, 1.807) is 0 Å². The molecule has 0 bridgehead atoms. The quantitative estimate of drug-likeness (QED) is 0.0205. The van der Waals surface area contributed by atoms with E-state index in [0.717, 1.165) is 103 Å². The van der Waals surface area contributed by atoms with Crippen molar-refractivity contribution >= 4 is 19.7 Å². The van der Waals surface area contributed by atoms with Crippen LogP contribution in [0.4, 0.5) is 0 Å². The molecule has 0 rings (SSSR count). The topological polar surface area (TPSA) is 111 Å². The van der Waals surface area contributed by atoms with Crippen molar-refractivity contribution in [2.45, 2.75) is 303 Å². The number of amides is 1. The maximum absolute atomic E-state index is 13.5. The zero-order valence-corrected chi connectivity index (χ0v) is 52.1. The summed E-state index contributed by atoms with van der Waals surface area (Å²) in [6, 6.07) is -0.857. The van der Waals surface area contributed by atoms with E-state index in [1.807, 2.05) is 33.3 Å². The minimum atomic E-state index is -4.45. The molecule has 3 atom stereocenters. The highest BCUT2D eigenvalue weighted by Crippen LogP contribution is 2.43. The number of quaternary nitrogens is 1. The van der Waals surface area contributed by atoms with Crippen LogP contribution in [-0.4, -0.2) is 74.3 Å². The minimum Gasteiger partial charge on any atom is -0.456 e. The first-order valence-corrected chi connectivity index (χ1v) is 33.8. The minimum absolute atomic E-state index is 0.0356. The molecule has 0 aliphatic carbocycles. The molecule has 0 aliphatic heterocycles. The number of hydrogen-bond acceptors (Lipinski definition) is 6. The number of carbonyl (C=O) groups is 2. The summed E-state index contributed by atoms with van der Waals surface area (Å²) >= 11 is 0. The fourth-order valence-electron chi connectivity index (χ4n) is 9.10. The molecule has 448 valence electrons. The maximum atomic E-state index is 13.5. The van der Waals surface area contributed by atoms with Crippen LogP contribution < -0.4 is 5.32 Å². The highest BCUT2D eigenvalue weighted by Gasteiger charge is 2.30. The van der Waals surface area contributed by atoms with Gasteiger partial charge < -0.3 is 19.4 Å². The van der Waals surface area contributed by atoms with Crippen molar-refractivity contribution in [1.82, 2.24) is 5.32 Å². The first kappa shape index (κ1) is 74.5. The number of allylic oxidation sites excluding steroid dienone is 11. The second-order valence-electron chi connectivity index (χ2n) is 22.9. The number of unbranched alkanes of at least 4 members (excludes halogenated alkanes) is 32. The van der Waals surface area contributed by atoms with Crippen LogP contribution in [0.1, 0.15) is 290 Å². The predicted molar refractivity (Wildman–Crippen MR) is 332 cm³/mol. The summed E-state index contributed by atoms with van der Waals surface area (Å²) in [6.07, 6.45) is 73.2.